The van der Waals surface area contributed by atoms with Crippen LogP contribution >= 0.6 is 0 Å². The van der Waals surface area contributed by atoms with E-state index in [0.717, 1.165) is 19.2 Å². The number of nitrogen functional groups attached to an aromatic ring is 1. The molecular formula is C13H13FN4. The largest absolute Gasteiger partial charge is 0.368 e. The van der Waals surface area contributed by atoms with E-state index in [1.165, 1.54) is 11.1 Å². The molecule has 0 aliphatic carbocycles. The first-order chi connectivity index (χ1) is 8.74. The molecule has 92 valence electrons. The van der Waals surface area contributed by atoms with Crippen LogP contribution in [-0.4, -0.2) is 16.5 Å². The zero-order valence-electron chi connectivity index (χ0n) is 9.81. The molecule has 0 spiro atoms. The third-order valence-corrected chi connectivity index (χ3v) is 3.17. The van der Waals surface area contributed by atoms with Gasteiger partial charge < -0.3 is 10.6 Å². The number of halogens is 1. The highest BCUT2D eigenvalue weighted by molar-refractivity contribution is 5.46. The van der Waals surface area contributed by atoms with Crippen LogP contribution in [0, 0.1) is 5.82 Å². The molecule has 2 heterocycles. The highest BCUT2D eigenvalue weighted by Crippen LogP contribution is 2.24. The topological polar surface area (TPSA) is 55.0 Å². The second-order valence-corrected chi connectivity index (χ2v) is 4.34. The molecule has 3 rings (SSSR count). The van der Waals surface area contributed by atoms with Gasteiger partial charge in [-0.1, -0.05) is 24.3 Å². The average Bonchev–Trinajstić information content (AvgIpc) is 2.41. The second-order valence-electron chi connectivity index (χ2n) is 4.34. The Kier molecular flexibility index (Phi) is 2.59. The number of aromatic nitrogens is 2. The van der Waals surface area contributed by atoms with E-state index in [1.54, 1.807) is 0 Å². The molecule has 0 unspecified atom stereocenters. The summed E-state index contributed by atoms with van der Waals surface area (Å²) in [7, 11) is 0. The van der Waals surface area contributed by atoms with E-state index < -0.39 is 5.82 Å². The lowest BCUT2D eigenvalue weighted by Gasteiger charge is -2.29. The Labute approximate surface area is 104 Å². The standard InChI is InChI=1S/C13H13FN4/c14-11-7-16-13(15)17-12(11)18-6-5-9-3-1-2-4-10(9)8-18/h1-4,7H,5-6,8H2,(H2,15,16,17). The van der Waals surface area contributed by atoms with Crippen molar-refractivity contribution in [2.45, 2.75) is 13.0 Å². The van der Waals surface area contributed by atoms with E-state index in [2.05, 4.69) is 22.1 Å². The van der Waals surface area contributed by atoms with Crippen molar-refractivity contribution >= 4 is 11.8 Å². The molecule has 2 aromatic rings. The Hall–Kier alpha value is -2.17. The number of hydrogen-bond donors (Lipinski definition) is 1. The first-order valence-corrected chi connectivity index (χ1v) is 5.84. The van der Waals surface area contributed by atoms with Crippen LogP contribution in [0.1, 0.15) is 11.1 Å². The lowest BCUT2D eigenvalue weighted by atomic mass is 10.00. The fourth-order valence-corrected chi connectivity index (χ4v) is 2.27. The summed E-state index contributed by atoms with van der Waals surface area (Å²) in [5.41, 5.74) is 8.04. The Balaban J connectivity index is 1.94. The lowest BCUT2D eigenvalue weighted by molar-refractivity contribution is 0.595. The van der Waals surface area contributed by atoms with Crippen LogP contribution in [0.15, 0.2) is 30.5 Å². The van der Waals surface area contributed by atoms with Crippen LogP contribution in [0.25, 0.3) is 0 Å². The maximum absolute atomic E-state index is 13.7. The maximum Gasteiger partial charge on any atom is 0.222 e. The fraction of sp³-hybridized carbons (Fsp3) is 0.231. The van der Waals surface area contributed by atoms with Gasteiger partial charge in [0.05, 0.1) is 6.20 Å². The third kappa shape index (κ3) is 1.88. The molecule has 0 atom stereocenters. The van der Waals surface area contributed by atoms with Gasteiger partial charge in [0, 0.05) is 13.1 Å². The zero-order valence-corrected chi connectivity index (χ0v) is 9.81. The van der Waals surface area contributed by atoms with Crippen LogP contribution in [0.4, 0.5) is 16.2 Å². The quantitative estimate of drug-likeness (QED) is 0.830. The van der Waals surface area contributed by atoms with E-state index in [9.17, 15) is 4.39 Å². The number of fused-ring (bicyclic) bond motifs is 1. The van der Waals surface area contributed by atoms with Gasteiger partial charge in [-0.3, -0.25) is 0 Å². The lowest BCUT2D eigenvalue weighted by Crippen LogP contribution is -2.32. The molecule has 0 saturated heterocycles. The molecule has 0 fully saturated rings. The van der Waals surface area contributed by atoms with Crippen molar-refractivity contribution in [2.75, 3.05) is 17.2 Å². The minimum absolute atomic E-state index is 0.102. The zero-order chi connectivity index (χ0) is 12.5. The molecule has 18 heavy (non-hydrogen) atoms. The van der Waals surface area contributed by atoms with E-state index in [4.69, 9.17) is 5.73 Å². The highest BCUT2D eigenvalue weighted by atomic mass is 19.1. The average molecular weight is 244 g/mol. The van der Waals surface area contributed by atoms with E-state index in [0.29, 0.717) is 6.54 Å². The Bertz CT molecular complexity index is 585. The Morgan fingerprint density at radius 3 is 2.83 bits per heavy atom. The summed E-state index contributed by atoms with van der Waals surface area (Å²) < 4.78 is 13.7. The number of nitrogens with two attached hydrogens (primary N) is 1. The van der Waals surface area contributed by atoms with Crippen molar-refractivity contribution in [3.05, 3.63) is 47.4 Å². The van der Waals surface area contributed by atoms with Crippen molar-refractivity contribution in [3.63, 3.8) is 0 Å². The van der Waals surface area contributed by atoms with Gasteiger partial charge in [-0.2, -0.15) is 4.98 Å². The SMILES string of the molecule is Nc1ncc(F)c(N2CCc3ccccc3C2)n1. The summed E-state index contributed by atoms with van der Waals surface area (Å²) in [4.78, 5) is 9.53. The molecule has 0 bridgehead atoms. The summed E-state index contributed by atoms with van der Waals surface area (Å²) in [6, 6.07) is 8.19. The van der Waals surface area contributed by atoms with E-state index >= 15 is 0 Å². The first kappa shape index (κ1) is 11.0. The maximum atomic E-state index is 13.7. The predicted molar refractivity (Wildman–Crippen MR) is 67.6 cm³/mol. The number of benzene rings is 1. The monoisotopic (exact) mass is 244 g/mol. The van der Waals surface area contributed by atoms with Gasteiger partial charge in [0.2, 0.25) is 5.95 Å². The van der Waals surface area contributed by atoms with Crippen LogP contribution in [0.3, 0.4) is 0 Å². The molecule has 0 saturated carbocycles. The molecule has 5 heteroatoms. The number of rotatable bonds is 1. The van der Waals surface area contributed by atoms with Gasteiger partial charge >= 0.3 is 0 Å². The Morgan fingerprint density at radius 2 is 2.00 bits per heavy atom. The summed E-state index contributed by atoms with van der Waals surface area (Å²) in [5.74, 6) is -0.0363. The van der Waals surface area contributed by atoms with Gasteiger partial charge in [-0.25, -0.2) is 9.37 Å². The molecule has 1 aromatic carbocycles. The van der Waals surface area contributed by atoms with Crippen molar-refractivity contribution in [1.82, 2.24) is 9.97 Å². The van der Waals surface area contributed by atoms with Gasteiger partial charge in [-0.05, 0) is 17.5 Å². The molecule has 1 aromatic heterocycles. The van der Waals surface area contributed by atoms with Gasteiger partial charge in [0.1, 0.15) is 0 Å². The molecule has 4 nitrogen and oxygen atoms in total. The van der Waals surface area contributed by atoms with Crippen molar-refractivity contribution in [3.8, 4) is 0 Å². The molecular weight excluding hydrogens is 231 g/mol. The molecule has 2 N–H and O–H groups in total. The fourth-order valence-electron chi connectivity index (χ4n) is 2.27. The normalized spacial score (nSPS) is 14.4. The highest BCUT2D eigenvalue weighted by Gasteiger charge is 2.20. The summed E-state index contributed by atoms with van der Waals surface area (Å²) in [6.45, 7) is 1.40. The third-order valence-electron chi connectivity index (χ3n) is 3.17. The van der Waals surface area contributed by atoms with Gasteiger partial charge in [0.15, 0.2) is 11.6 Å². The summed E-state index contributed by atoms with van der Waals surface area (Å²) >= 11 is 0. The van der Waals surface area contributed by atoms with Gasteiger partial charge in [-0.15, -0.1) is 0 Å². The molecule has 1 aliphatic rings. The van der Waals surface area contributed by atoms with E-state index in [1.807, 2.05) is 17.0 Å². The molecule has 1 aliphatic heterocycles. The Morgan fingerprint density at radius 1 is 1.22 bits per heavy atom. The number of hydrogen-bond acceptors (Lipinski definition) is 4. The van der Waals surface area contributed by atoms with Crippen molar-refractivity contribution < 1.29 is 4.39 Å². The van der Waals surface area contributed by atoms with Crippen LogP contribution in [0.2, 0.25) is 0 Å². The minimum Gasteiger partial charge on any atom is -0.368 e. The van der Waals surface area contributed by atoms with Crippen molar-refractivity contribution in [2.24, 2.45) is 0 Å². The van der Waals surface area contributed by atoms with E-state index in [-0.39, 0.29) is 11.8 Å². The van der Waals surface area contributed by atoms with Crippen LogP contribution in [-0.2, 0) is 13.0 Å². The first-order valence-electron chi connectivity index (χ1n) is 5.84. The smallest absolute Gasteiger partial charge is 0.222 e. The minimum atomic E-state index is -0.427. The molecule has 0 radical (unpaired) electrons. The molecule has 0 amide bonds. The van der Waals surface area contributed by atoms with Gasteiger partial charge in [0.25, 0.3) is 0 Å². The second kappa shape index (κ2) is 4.25. The summed E-state index contributed by atoms with van der Waals surface area (Å²) in [6.07, 6.45) is 2.01. The number of nitrogens with zero attached hydrogens (tertiary/aromatic N) is 3. The van der Waals surface area contributed by atoms with Crippen LogP contribution in [0.5, 0.6) is 0 Å². The summed E-state index contributed by atoms with van der Waals surface area (Å²) in [5, 5.41) is 0. The number of anilines is 2. The predicted octanol–water partition coefficient (Wildman–Crippen LogP) is 1.76. The van der Waals surface area contributed by atoms with Crippen LogP contribution < -0.4 is 10.6 Å². The van der Waals surface area contributed by atoms with Crippen molar-refractivity contribution in [1.29, 1.82) is 0 Å².